The van der Waals surface area contributed by atoms with Crippen LogP contribution < -0.4 is 14.9 Å². The second kappa shape index (κ2) is 9.83. The number of phenolic OH excluding ortho intramolecular Hbond substituents is 1. The van der Waals surface area contributed by atoms with Gasteiger partial charge in [-0.3, -0.25) is 4.79 Å². The van der Waals surface area contributed by atoms with Crippen molar-refractivity contribution in [2.24, 2.45) is 5.10 Å². The zero-order chi connectivity index (χ0) is 19.8. The minimum atomic E-state index is -0.425. The van der Waals surface area contributed by atoms with Crippen LogP contribution in [-0.4, -0.2) is 30.9 Å². The number of nitrogens with one attached hydrogen (secondary N) is 1. The number of carbonyl (C=O) groups is 1. The molecule has 0 saturated heterocycles. The SMILES string of the molecule is CC[C@@H](C)c1ccc(OCC(=O)N/N=C/c2cc(Cl)cc(OC)c2O)cc1. The molecule has 0 aliphatic carbocycles. The quantitative estimate of drug-likeness (QED) is 0.525. The summed E-state index contributed by atoms with van der Waals surface area (Å²) in [7, 11) is 1.42. The van der Waals surface area contributed by atoms with Gasteiger partial charge in [0.1, 0.15) is 5.75 Å². The highest BCUT2D eigenvalue weighted by atomic mass is 35.5. The van der Waals surface area contributed by atoms with Crippen LogP contribution in [-0.2, 0) is 4.79 Å². The number of ether oxygens (including phenoxy) is 2. The van der Waals surface area contributed by atoms with Crippen molar-refractivity contribution in [2.75, 3.05) is 13.7 Å². The highest BCUT2D eigenvalue weighted by molar-refractivity contribution is 6.31. The van der Waals surface area contributed by atoms with Gasteiger partial charge in [0.15, 0.2) is 18.1 Å². The van der Waals surface area contributed by atoms with Crippen molar-refractivity contribution in [1.82, 2.24) is 5.43 Å². The van der Waals surface area contributed by atoms with E-state index in [9.17, 15) is 9.90 Å². The van der Waals surface area contributed by atoms with Gasteiger partial charge in [-0.2, -0.15) is 5.10 Å². The third-order valence-corrected chi connectivity index (χ3v) is 4.33. The van der Waals surface area contributed by atoms with Gasteiger partial charge in [0.2, 0.25) is 0 Å². The van der Waals surface area contributed by atoms with E-state index in [2.05, 4.69) is 24.4 Å². The first-order valence-corrected chi connectivity index (χ1v) is 8.93. The molecule has 0 heterocycles. The summed E-state index contributed by atoms with van der Waals surface area (Å²) in [5.74, 6) is 0.777. The number of hydrogen-bond donors (Lipinski definition) is 2. The van der Waals surface area contributed by atoms with Crippen molar-refractivity contribution in [2.45, 2.75) is 26.2 Å². The molecular weight excluding hydrogens is 368 g/mol. The number of hydrazone groups is 1. The first kappa shape index (κ1) is 20.6. The van der Waals surface area contributed by atoms with E-state index in [1.165, 1.54) is 31.0 Å². The molecule has 0 aromatic heterocycles. The van der Waals surface area contributed by atoms with Crippen LogP contribution in [0.5, 0.6) is 17.2 Å². The fraction of sp³-hybridized carbons (Fsp3) is 0.300. The van der Waals surface area contributed by atoms with Crippen molar-refractivity contribution in [3.8, 4) is 17.2 Å². The van der Waals surface area contributed by atoms with Crippen LogP contribution in [0.3, 0.4) is 0 Å². The molecule has 6 nitrogen and oxygen atoms in total. The number of methoxy groups -OCH3 is 1. The highest BCUT2D eigenvalue weighted by Crippen LogP contribution is 2.32. The molecule has 0 saturated carbocycles. The lowest BCUT2D eigenvalue weighted by atomic mass is 9.99. The van der Waals surface area contributed by atoms with E-state index in [0.717, 1.165) is 6.42 Å². The summed E-state index contributed by atoms with van der Waals surface area (Å²) >= 11 is 5.94. The maximum atomic E-state index is 11.8. The van der Waals surface area contributed by atoms with E-state index in [4.69, 9.17) is 21.1 Å². The van der Waals surface area contributed by atoms with E-state index in [-0.39, 0.29) is 18.1 Å². The zero-order valence-electron chi connectivity index (χ0n) is 15.5. The lowest BCUT2D eigenvalue weighted by Gasteiger charge is -2.10. The van der Waals surface area contributed by atoms with Gasteiger partial charge < -0.3 is 14.6 Å². The van der Waals surface area contributed by atoms with Gasteiger partial charge in [0, 0.05) is 16.7 Å². The van der Waals surface area contributed by atoms with Crippen LogP contribution in [0.1, 0.15) is 37.3 Å². The first-order chi connectivity index (χ1) is 12.9. The highest BCUT2D eigenvalue weighted by Gasteiger charge is 2.09. The molecule has 0 spiro atoms. The van der Waals surface area contributed by atoms with Crippen LogP contribution in [0.2, 0.25) is 5.02 Å². The Balaban J connectivity index is 1.88. The third kappa shape index (κ3) is 5.89. The Hall–Kier alpha value is -2.73. The number of phenols is 1. The predicted molar refractivity (Wildman–Crippen MR) is 106 cm³/mol. The Morgan fingerprint density at radius 1 is 1.33 bits per heavy atom. The molecule has 0 radical (unpaired) electrons. The summed E-state index contributed by atoms with van der Waals surface area (Å²) in [5, 5.41) is 14.2. The number of benzene rings is 2. The molecule has 0 unspecified atom stereocenters. The summed E-state index contributed by atoms with van der Waals surface area (Å²) in [6, 6.07) is 10.7. The Bertz CT molecular complexity index is 806. The molecular formula is C20H23ClN2O4. The molecule has 27 heavy (non-hydrogen) atoms. The average Bonchev–Trinajstić information content (AvgIpc) is 2.68. The van der Waals surface area contributed by atoms with Gasteiger partial charge in [-0.05, 0) is 36.1 Å². The average molecular weight is 391 g/mol. The Morgan fingerprint density at radius 2 is 2.04 bits per heavy atom. The minimum absolute atomic E-state index is 0.113. The predicted octanol–water partition coefficient (Wildman–Crippen LogP) is 4.10. The molecule has 2 rings (SSSR count). The Labute approximate surface area is 163 Å². The zero-order valence-corrected chi connectivity index (χ0v) is 16.3. The summed E-state index contributed by atoms with van der Waals surface area (Å²) in [6.45, 7) is 4.12. The number of rotatable bonds is 8. The second-order valence-electron chi connectivity index (χ2n) is 6.01. The smallest absolute Gasteiger partial charge is 0.277 e. The van der Waals surface area contributed by atoms with E-state index < -0.39 is 5.91 Å². The molecule has 0 fully saturated rings. The first-order valence-electron chi connectivity index (χ1n) is 8.55. The van der Waals surface area contributed by atoms with Gasteiger partial charge in [-0.1, -0.05) is 37.6 Å². The number of amides is 1. The van der Waals surface area contributed by atoms with Gasteiger partial charge in [0.25, 0.3) is 5.91 Å². The van der Waals surface area contributed by atoms with Crippen LogP contribution in [0.15, 0.2) is 41.5 Å². The number of aromatic hydroxyl groups is 1. The Kier molecular flexibility index (Phi) is 7.49. The Morgan fingerprint density at radius 3 is 2.67 bits per heavy atom. The van der Waals surface area contributed by atoms with Gasteiger partial charge in [0.05, 0.1) is 13.3 Å². The number of halogens is 1. The maximum Gasteiger partial charge on any atom is 0.277 e. The van der Waals surface area contributed by atoms with Crippen molar-refractivity contribution in [1.29, 1.82) is 0 Å². The summed E-state index contributed by atoms with van der Waals surface area (Å²) in [5.41, 5.74) is 3.89. The van der Waals surface area contributed by atoms with E-state index >= 15 is 0 Å². The summed E-state index contributed by atoms with van der Waals surface area (Å²) in [6.07, 6.45) is 2.34. The summed E-state index contributed by atoms with van der Waals surface area (Å²) in [4.78, 5) is 11.8. The normalized spacial score (nSPS) is 12.0. The molecule has 2 aromatic carbocycles. The standard InChI is InChI=1S/C20H23ClN2O4/c1-4-13(2)14-5-7-17(8-6-14)27-12-19(24)23-22-11-15-9-16(21)10-18(26-3)20(15)25/h5-11,13,25H,4,12H2,1-3H3,(H,23,24)/b22-11+/t13-/m1/s1. The van der Waals surface area contributed by atoms with Crippen LogP contribution in [0.4, 0.5) is 0 Å². The fourth-order valence-corrected chi connectivity index (χ4v) is 2.55. The molecule has 0 aliphatic heterocycles. The van der Waals surface area contributed by atoms with Crippen molar-refractivity contribution in [3.05, 3.63) is 52.5 Å². The van der Waals surface area contributed by atoms with Crippen molar-refractivity contribution >= 4 is 23.7 Å². The molecule has 2 aromatic rings. The van der Waals surface area contributed by atoms with Crippen molar-refractivity contribution in [3.63, 3.8) is 0 Å². The monoisotopic (exact) mass is 390 g/mol. The van der Waals surface area contributed by atoms with E-state index in [1.54, 1.807) is 0 Å². The molecule has 1 atom stereocenters. The molecule has 144 valence electrons. The maximum absolute atomic E-state index is 11.8. The van der Waals surface area contributed by atoms with Gasteiger partial charge >= 0.3 is 0 Å². The van der Waals surface area contributed by atoms with Gasteiger partial charge in [-0.15, -0.1) is 0 Å². The number of nitrogens with zero attached hydrogens (tertiary/aromatic N) is 1. The second-order valence-corrected chi connectivity index (χ2v) is 6.44. The minimum Gasteiger partial charge on any atom is -0.504 e. The fourth-order valence-electron chi connectivity index (χ4n) is 2.33. The van der Waals surface area contributed by atoms with Crippen molar-refractivity contribution < 1.29 is 19.4 Å². The number of carbonyl (C=O) groups excluding carboxylic acids is 1. The summed E-state index contributed by atoms with van der Waals surface area (Å²) < 4.78 is 10.5. The molecule has 0 bridgehead atoms. The lowest BCUT2D eigenvalue weighted by molar-refractivity contribution is -0.123. The third-order valence-electron chi connectivity index (χ3n) is 4.11. The molecule has 1 amide bonds. The molecule has 0 aliphatic rings. The van der Waals surface area contributed by atoms with Crippen LogP contribution in [0, 0.1) is 0 Å². The van der Waals surface area contributed by atoms with E-state index in [1.807, 2.05) is 24.3 Å². The number of hydrogen-bond acceptors (Lipinski definition) is 5. The molecule has 7 heteroatoms. The van der Waals surface area contributed by atoms with Crippen LogP contribution in [0.25, 0.3) is 0 Å². The van der Waals surface area contributed by atoms with E-state index in [0.29, 0.717) is 22.3 Å². The lowest BCUT2D eigenvalue weighted by Crippen LogP contribution is -2.24. The largest absolute Gasteiger partial charge is 0.504 e. The van der Waals surface area contributed by atoms with Gasteiger partial charge in [-0.25, -0.2) is 5.43 Å². The molecule has 2 N–H and O–H groups in total. The topological polar surface area (TPSA) is 80.2 Å². The van der Waals surface area contributed by atoms with Crippen LogP contribution >= 0.6 is 11.6 Å².